The highest BCUT2D eigenvalue weighted by molar-refractivity contribution is 6.38. The Morgan fingerprint density at radius 3 is 2.54 bits per heavy atom. The lowest BCUT2D eigenvalue weighted by Gasteiger charge is -2.16. The number of ether oxygens (including phenoxy) is 1. The number of halogens is 2. The Labute approximate surface area is 223 Å². The van der Waals surface area contributed by atoms with Crippen molar-refractivity contribution in [2.45, 2.75) is 13.5 Å². The fourth-order valence-corrected chi connectivity index (χ4v) is 4.06. The van der Waals surface area contributed by atoms with Crippen LogP contribution in [0.15, 0.2) is 67.1 Å². The summed E-state index contributed by atoms with van der Waals surface area (Å²) < 4.78 is 5.39. The molecule has 37 heavy (non-hydrogen) atoms. The molecule has 4 rings (SSSR count). The first-order valence-electron chi connectivity index (χ1n) is 11.1. The second-order valence-electron chi connectivity index (χ2n) is 7.81. The number of pyridine rings is 1. The van der Waals surface area contributed by atoms with E-state index in [1.54, 1.807) is 42.7 Å². The Bertz CT molecular complexity index is 1450. The Hall–Kier alpha value is -4.21. The van der Waals surface area contributed by atoms with Crippen molar-refractivity contribution < 1.29 is 9.53 Å². The van der Waals surface area contributed by atoms with Crippen molar-refractivity contribution in [3.63, 3.8) is 0 Å². The van der Waals surface area contributed by atoms with Crippen LogP contribution < -0.4 is 20.7 Å². The van der Waals surface area contributed by atoms with Crippen molar-refractivity contribution in [3.05, 3.63) is 94.1 Å². The number of nitrogens with zero attached hydrogens (tertiary/aromatic N) is 3. The first kappa shape index (κ1) is 25.9. The largest absolute Gasteiger partial charge is 0.491 e. The third-order valence-electron chi connectivity index (χ3n) is 5.29. The van der Waals surface area contributed by atoms with Crippen LogP contribution in [0, 0.1) is 5.41 Å². The SMILES string of the molecule is COc1cnc(C(=N)c2ccccc2NCc2c(Cl)ccc(NC(C)=O)c2Cl)nc1Nc1ccncc1. The van der Waals surface area contributed by atoms with Gasteiger partial charge >= 0.3 is 0 Å². The summed E-state index contributed by atoms with van der Waals surface area (Å²) in [6, 6.07) is 14.2. The molecule has 0 aliphatic heterocycles. The lowest BCUT2D eigenvalue weighted by molar-refractivity contribution is -0.114. The molecule has 0 atom stereocenters. The Morgan fingerprint density at radius 2 is 1.81 bits per heavy atom. The highest BCUT2D eigenvalue weighted by Crippen LogP contribution is 2.33. The smallest absolute Gasteiger partial charge is 0.221 e. The third-order valence-corrected chi connectivity index (χ3v) is 6.08. The second kappa shape index (κ2) is 11.7. The van der Waals surface area contributed by atoms with Gasteiger partial charge in [-0.1, -0.05) is 41.4 Å². The van der Waals surface area contributed by atoms with Crippen LogP contribution in [-0.4, -0.2) is 33.7 Å². The van der Waals surface area contributed by atoms with Gasteiger partial charge in [0.2, 0.25) is 5.91 Å². The number of anilines is 4. The molecule has 0 saturated heterocycles. The molecule has 2 heterocycles. The fourth-order valence-electron chi connectivity index (χ4n) is 3.51. The molecule has 9 nitrogen and oxygen atoms in total. The number of hydrogen-bond acceptors (Lipinski definition) is 8. The standard InChI is InChI=1S/C26H23Cl2N7O2/c1-15(36)33-21-8-7-19(27)18(23(21)28)13-31-20-6-4-3-5-17(20)24(29)26-32-14-22(37-2)25(35-26)34-16-9-11-30-12-10-16/h3-12,14,29,31H,13H2,1-2H3,(H,33,36)(H,30,32,34,35). The quantitative estimate of drug-likeness (QED) is 0.196. The van der Waals surface area contributed by atoms with E-state index in [-0.39, 0.29) is 24.0 Å². The molecule has 11 heteroatoms. The fraction of sp³-hybridized carbons (Fsp3) is 0.115. The van der Waals surface area contributed by atoms with Crippen molar-refractivity contribution in [3.8, 4) is 5.75 Å². The number of amides is 1. The molecular weight excluding hydrogens is 513 g/mol. The summed E-state index contributed by atoms with van der Waals surface area (Å²) in [5.41, 5.74) is 3.19. The van der Waals surface area contributed by atoms with Gasteiger partial charge in [0.1, 0.15) is 5.71 Å². The molecule has 1 amide bonds. The van der Waals surface area contributed by atoms with Gasteiger partial charge in [0.25, 0.3) is 0 Å². The summed E-state index contributed by atoms with van der Waals surface area (Å²) in [6.45, 7) is 1.66. The number of carbonyl (C=O) groups excluding carboxylic acids is 1. The minimum absolute atomic E-state index is 0.104. The monoisotopic (exact) mass is 535 g/mol. The predicted octanol–water partition coefficient (Wildman–Crippen LogP) is 5.92. The summed E-state index contributed by atoms with van der Waals surface area (Å²) in [6.07, 6.45) is 4.83. The van der Waals surface area contributed by atoms with Crippen molar-refractivity contribution in [1.82, 2.24) is 15.0 Å². The van der Waals surface area contributed by atoms with E-state index in [2.05, 4.69) is 30.9 Å². The van der Waals surface area contributed by atoms with Gasteiger partial charge in [-0.2, -0.15) is 0 Å². The first-order chi connectivity index (χ1) is 17.9. The number of carbonyl (C=O) groups is 1. The summed E-state index contributed by atoms with van der Waals surface area (Å²) in [5, 5.41) is 18.8. The van der Waals surface area contributed by atoms with E-state index in [4.69, 9.17) is 33.3 Å². The molecule has 188 valence electrons. The van der Waals surface area contributed by atoms with Crippen molar-refractivity contribution in [2.75, 3.05) is 23.1 Å². The predicted molar refractivity (Wildman–Crippen MR) is 147 cm³/mol. The van der Waals surface area contributed by atoms with Crippen LogP contribution in [-0.2, 0) is 11.3 Å². The number of para-hydroxylation sites is 1. The van der Waals surface area contributed by atoms with Gasteiger partial charge in [0, 0.05) is 53.4 Å². The summed E-state index contributed by atoms with van der Waals surface area (Å²) >= 11 is 12.9. The Morgan fingerprint density at radius 1 is 1.05 bits per heavy atom. The maximum absolute atomic E-state index is 11.5. The molecule has 0 saturated carbocycles. The zero-order valence-corrected chi connectivity index (χ0v) is 21.5. The lowest BCUT2D eigenvalue weighted by atomic mass is 10.1. The summed E-state index contributed by atoms with van der Waals surface area (Å²) in [5.74, 6) is 0.819. The molecule has 2 aromatic carbocycles. The summed E-state index contributed by atoms with van der Waals surface area (Å²) in [4.78, 5) is 24.4. The number of nitrogens with one attached hydrogen (secondary N) is 4. The van der Waals surface area contributed by atoms with Crippen LogP contribution in [0.4, 0.5) is 22.9 Å². The van der Waals surface area contributed by atoms with Gasteiger partial charge in [0.15, 0.2) is 17.4 Å². The maximum Gasteiger partial charge on any atom is 0.221 e. The molecule has 0 fully saturated rings. The molecule has 2 aromatic heterocycles. The first-order valence-corrected chi connectivity index (χ1v) is 11.9. The van der Waals surface area contributed by atoms with E-state index in [9.17, 15) is 4.79 Å². The second-order valence-corrected chi connectivity index (χ2v) is 8.60. The Balaban J connectivity index is 1.60. The van der Waals surface area contributed by atoms with E-state index in [0.29, 0.717) is 44.1 Å². The molecule has 0 unspecified atom stereocenters. The third kappa shape index (κ3) is 6.14. The molecular formula is C26H23Cl2N7O2. The van der Waals surface area contributed by atoms with Crippen LogP contribution in [0.5, 0.6) is 5.75 Å². The number of rotatable bonds is 9. The van der Waals surface area contributed by atoms with Gasteiger partial charge in [-0.25, -0.2) is 9.97 Å². The average Bonchev–Trinajstić information content (AvgIpc) is 2.90. The van der Waals surface area contributed by atoms with Crippen LogP contribution in [0.1, 0.15) is 23.9 Å². The Kier molecular flexibility index (Phi) is 8.17. The molecule has 4 aromatic rings. The van der Waals surface area contributed by atoms with Gasteiger partial charge in [0.05, 0.1) is 24.0 Å². The van der Waals surface area contributed by atoms with E-state index in [0.717, 1.165) is 5.69 Å². The summed E-state index contributed by atoms with van der Waals surface area (Å²) in [7, 11) is 1.53. The molecule has 0 aliphatic carbocycles. The lowest BCUT2D eigenvalue weighted by Crippen LogP contribution is -2.13. The number of hydrogen-bond donors (Lipinski definition) is 4. The van der Waals surface area contributed by atoms with Gasteiger partial charge in [-0.15, -0.1) is 0 Å². The highest BCUT2D eigenvalue weighted by atomic mass is 35.5. The van der Waals surface area contributed by atoms with E-state index in [1.165, 1.54) is 20.2 Å². The molecule has 0 aliphatic rings. The number of methoxy groups -OCH3 is 1. The molecule has 0 radical (unpaired) electrons. The zero-order chi connectivity index (χ0) is 26.4. The average molecular weight is 536 g/mol. The van der Waals surface area contributed by atoms with Crippen molar-refractivity contribution in [2.24, 2.45) is 0 Å². The van der Waals surface area contributed by atoms with Crippen LogP contribution >= 0.6 is 23.2 Å². The van der Waals surface area contributed by atoms with Crippen molar-refractivity contribution >= 4 is 57.7 Å². The normalized spacial score (nSPS) is 10.5. The van der Waals surface area contributed by atoms with Gasteiger partial charge < -0.3 is 20.7 Å². The molecule has 0 spiro atoms. The van der Waals surface area contributed by atoms with E-state index < -0.39 is 0 Å². The zero-order valence-electron chi connectivity index (χ0n) is 20.0. The molecule has 4 N–H and O–H groups in total. The van der Waals surface area contributed by atoms with E-state index >= 15 is 0 Å². The highest BCUT2D eigenvalue weighted by Gasteiger charge is 2.17. The van der Waals surface area contributed by atoms with Gasteiger partial charge in [-0.3, -0.25) is 15.2 Å². The van der Waals surface area contributed by atoms with Crippen LogP contribution in [0.3, 0.4) is 0 Å². The van der Waals surface area contributed by atoms with E-state index in [1.807, 2.05) is 18.2 Å². The van der Waals surface area contributed by atoms with Crippen LogP contribution in [0.2, 0.25) is 10.0 Å². The van der Waals surface area contributed by atoms with Crippen LogP contribution in [0.25, 0.3) is 0 Å². The number of aromatic nitrogens is 3. The number of benzene rings is 2. The molecule has 0 bridgehead atoms. The van der Waals surface area contributed by atoms with Crippen molar-refractivity contribution in [1.29, 1.82) is 5.41 Å². The maximum atomic E-state index is 11.5. The minimum atomic E-state index is -0.237. The van der Waals surface area contributed by atoms with Gasteiger partial charge in [-0.05, 0) is 30.3 Å². The topological polar surface area (TPSA) is 125 Å². The minimum Gasteiger partial charge on any atom is -0.491 e.